The van der Waals surface area contributed by atoms with Gasteiger partial charge in [-0.1, -0.05) is 15.9 Å². The van der Waals surface area contributed by atoms with Crippen LogP contribution in [-0.4, -0.2) is 17.6 Å². The highest BCUT2D eigenvalue weighted by molar-refractivity contribution is 9.10. The Morgan fingerprint density at radius 1 is 1.32 bits per heavy atom. The van der Waals surface area contributed by atoms with E-state index in [0.29, 0.717) is 10.0 Å². The third kappa shape index (κ3) is 6.53. The van der Waals surface area contributed by atoms with E-state index in [1.54, 1.807) is 6.07 Å². The number of rotatable bonds is 6. The first kappa shape index (κ1) is 15.9. The van der Waals surface area contributed by atoms with E-state index in [1.165, 1.54) is 12.1 Å². The molecule has 0 saturated carbocycles. The number of benzene rings is 1. The second-order valence-corrected chi connectivity index (χ2v) is 4.89. The number of nitro benzene ring substituents is 1. The van der Waals surface area contributed by atoms with Crippen molar-refractivity contribution in [2.24, 2.45) is 0 Å². The van der Waals surface area contributed by atoms with Crippen molar-refractivity contribution in [3.8, 4) is 0 Å². The van der Waals surface area contributed by atoms with Crippen LogP contribution in [-0.2, 0) is 6.54 Å². The quantitative estimate of drug-likeness (QED) is 0.487. The molecule has 0 aliphatic carbocycles. The Labute approximate surface area is 116 Å². The second kappa shape index (κ2) is 6.85. The van der Waals surface area contributed by atoms with E-state index in [1.807, 2.05) is 0 Å². The Hall–Kier alpha value is -1.15. The maximum atomic E-state index is 11.9. The van der Waals surface area contributed by atoms with Gasteiger partial charge in [0, 0.05) is 29.6 Å². The van der Waals surface area contributed by atoms with Gasteiger partial charge in [0.1, 0.15) is 0 Å². The van der Waals surface area contributed by atoms with Gasteiger partial charge in [0.2, 0.25) is 0 Å². The zero-order valence-electron chi connectivity index (χ0n) is 9.84. The van der Waals surface area contributed by atoms with Gasteiger partial charge in [0.05, 0.1) is 4.92 Å². The summed E-state index contributed by atoms with van der Waals surface area (Å²) < 4.78 is 36.2. The number of halogens is 4. The lowest BCUT2D eigenvalue weighted by Gasteiger charge is -2.07. The number of hydrogen-bond donors (Lipinski definition) is 1. The van der Waals surface area contributed by atoms with Crippen molar-refractivity contribution < 1.29 is 18.1 Å². The van der Waals surface area contributed by atoms with Crippen LogP contribution in [0.15, 0.2) is 22.7 Å². The molecule has 0 aliphatic heterocycles. The third-order valence-corrected chi connectivity index (χ3v) is 2.75. The average Bonchev–Trinajstić information content (AvgIpc) is 2.26. The molecule has 0 radical (unpaired) electrons. The van der Waals surface area contributed by atoms with E-state index < -0.39 is 17.5 Å². The first-order valence-electron chi connectivity index (χ1n) is 5.49. The summed E-state index contributed by atoms with van der Waals surface area (Å²) in [6.45, 7) is 0.498. The lowest BCUT2D eigenvalue weighted by molar-refractivity contribution is -0.385. The van der Waals surface area contributed by atoms with Gasteiger partial charge in [-0.05, 0) is 24.6 Å². The molecule has 0 unspecified atom stereocenters. The fourth-order valence-corrected chi connectivity index (χ4v) is 2.02. The summed E-state index contributed by atoms with van der Waals surface area (Å²) in [5.74, 6) is 0. The van der Waals surface area contributed by atoms with Crippen LogP contribution >= 0.6 is 15.9 Å². The number of non-ortho nitro benzene ring substituents is 1. The lowest BCUT2D eigenvalue weighted by Crippen LogP contribution is -2.17. The molecule has 106 valence electrons. The topological polar surface area (TPSA) is 55.2 Å². The molecule has 1 N–H and O–H groups in total. The van der Waals surface area contributed by atoms with E-state index in [9.17, 15) is 23.3 Å². The molecule has 0 bridgehead atoms. The number of nitro groups is 1. The smallest absolute Gasteiger partial charge is 0.313 e. The number of hydrogen-bond acceptors (Lipinski definition) is 3. The van der Waals surface area contributed by atoms with E-state index in [4.69, 9.17) is 0 Å². The van der Waals surface area contributed by atoms with E-state index in [2.05, 4.69) is 21.2 Å². The van der Waals surface area contributed by atoms with Gasteiger partial charge in [-0.3, -0.25) is 10.1 Å². The summed E-state index contributed by atoms with van der Waals surface area (Å²) in [4.78, 5) is 10.1. The van der Waals surface area contributed by atoms with Gasteiger partial charge < -0.3 is 5.32 Å². The van der Waals surface area contributed by atoms with Crippen molar-refractivity contribution in [1.82, 2.24) is 5.32 Å². The van der Waals surface area contributed by atoms with Gasteiger partial charge in [-0.15, -0.1) is 0 Å². The minimum absolute atomic E-state index is 0.0143. The highest BCUT2D eigenvalue weighted by Gasteiger charge is 2.25. The molecule has 0 atom stereocenters. The molecule has 0 amide bonds. The van der Waals surface area contributed by atoms with Crippen LogP contribution in [0.4, 0.5) is 18.9 Å². The molecule has 1 aromatic rings. The Bertz CT molecular complexity index is 452. The van der Waals surface area contributed by atoms with E-state index in [0.717, 1.165) is 0 Å². The van der Waals surface area contributed by atoms with Crippen LogP contribution in [0.5, 0.6) is 0 Å². The lowest BCUT2D eigenvalue weighted by atomic mass is 10.2. The second-order valence-electron chi connectivity index (χ2n) is 3.97. The summed E-state index contributed by atoms with van der Waals surface area (Å²) in [5, 5.41) is 13.5. The maximum absolute atomic E-state index is 11.9. The molecule has 1 aromatic carbocycles. The molecule has 1 rings (SSSR count). The summed E-state index contributed by atoms with van der Waals surface area (Å²) in [7, 11) is 0. The van der Waals surface area contributed by atoms with Crippen molar-refractivity contribution >= 4 is 21.6 Å². The zero-order chi connectivity index (χ0) is 14.5. The van der Waals surface area contributed by atoms with Crippen LogP contribution < -0.4 is 5.32 Å². The Morgan fingerprint density at radius 3 is 2.58 bits per heavy atom. The largest absolute Gasteiger partial charge is 0.389 e. The maximum Gasteiger partial charge on any atom is 0.389 e. The fourth-order valence-electron chi connectivity index (χ4n) is 1.49. The molecule has 0 aliphatic rings. The van der Waals surface area contributed by atoms with Crippen molar-refractivity contribution in [2.75, 3.05) is 6.54 Å². The standard InChI is InChI=1S/C11H12BrF3N2O2/c12-9-4-8(5-10(6-9)17(18)19)7-16-3-1-2-11(13,14)15/h4-6,16H,1-3,7H2. The number of nitrogens with one attached hydrogen (secondary N) is 1. The van der Waals surface area contributed by atoms with Crippen molar-refractivity contribution in [3.63, 3.8) is 0 Å². The van der Waals surface area contributed by atoms with Crippen LogP contribution in [0.3, 0.4) is 0 Å². The Kier molecular flexibility index (Phi) is 5.74. The van der Waals surface area contributed by atoms with Gasteiger partial charge in [0.25, 0.3) is 5.69 Å². The van der Waals surface area contributed by atoms with Crippen molar-refractivity contribution in [3.05, 3.63) is 38.3 Å². The predicted octanol–water partition coefficient (Wildman–Crippen LogP) is 3.79. The third-order valence-electron chi connectivity index (χ3n) is 2.30. The molecule has 0 spiro atoms. The molecule has 8 heteroatoms. The van der Waals surface area contributed by atoms with Crippen LogP contribution in [0, 0.1) is 10.1 Å². The molecule has 0 saturated heterocycles. The van der Waals surface area contributed by atoms with Crippen molar-refractivity contribution in [2.45, 2.75) is 25.6 Å². The Balaban J connectivity index is 2.43. The molecular weight excluding hydrogens is 329 g/mol. The SMILES string of the molecule is O=[N+]([O-])c1cc(Br)cc(CNCCCC(F)(F)F)c1. The highest BCUT2D eigenvalue weighted by atomic mass is 79.9. The summed E-state index contributed by atoms with van der Waals surface area (Å²) in [5.41, 5.74) is 0.592. The molecule has 0 heterocycles. The molecule has 0 fully saturated rings. The predicted molar refractivity (Wildman–Crippen MR) is 67.8 cm³/mol. The average molecular weight is 341 g/mol. The van der Waals surface area contributed by atoms with E-state index in [-0.39, 0.29) is 25.2 Å². The van der Waals surface area contributed by atoms with Crippen LogP contribution in [0.25, 0.3) is 0 Å². The van der Waals surface area contributed by atoms with E-state index >= 15 is 0 Å². The van der Waals surface area contributed by atoms with Gasteiger partial charge >= 0.3 is 6.18 Å². The van der Waals surface area contributed by atoms with Crippen molar-refractivity contribution in [1.29, 1.82) is 0 Å². The minimum Gasteiger partial charge on any atom is -0.313 e. The molecule has 4 nitrogen and oxygen atoms in total. The van der Waals surface area contributed by atoms with Gasteiger partial charge in [0.15, 0.2) is 0 Å². The van der Waals surface area contributed by atoms with Crippen LogP contribution in [0.1, 0.15) is 18.4 Å². The number of alkyl halides is 3. The van der Waals surface area contributed by atoms with Crippen LogP contribution in [0.2, 0.25) is 0 Å². The first-order chi connectivity index (χ1) is 8.78. The highest BCUT2D eigenvalue weighted by Crippen LogP contribution is 2.22. The summed E-state index contributed by atoms with van der Waals surface area (Å²) >= 11 is 3.15. The Morgan fingerprint density at radius 2 is 2.00 bits per heavy atom. The molecular formula is C11H12BrF3N2O2. The minimum atomic E-state index is -4.14. The zero-order valence-corrected chi connectivity index (χ0v) is 11.4. The first-order valence-corrected chi connectivity index (χ1v) is 6.28. The number of nitrogens with zero attached hydrogens (tertiary/aromatic N) is 1. The van der Waals surface area contributed by atoms with Gasteiger partial charge in [-0.2, -0.15) is 13.2 Å². The van der Waals surface area contributed by atoms with Gasteiger partial charge in [-0.25, -0.2) is 0 Å². The monoisotopic (exact) mass is 340 g/mol. The molecule has 0 aromatic heterocycles. The fraction of sp³-hybridized carbons (Fsp3) is 0.455. The summed E-state index contributed by atoms with van der Waals surface area (Å²) in [6.07, 6.45) is -4.99. The molecule has 19 heavy (non-hydrogen) atoms. The normalized spacial score (nSPS) is 11.6. The summed E-state index contributed by atoms with van der Waals surface area (Å²) in [6, 6.07) is 4.44.